The predicted molar refractivity (Wildman–Crippen MR) is 90.1 cm³/mol. The third-order valence-electron chi connectivity index (χ3n) is 5.60. The summed E-state index contributed by atoms with van der Waals surface area (Å²) in [6.07, 6.45) is 3.76. The molecule has 1 aromatic carbocycles. The molecule has 0 amide bonds. The van der Waals surface area contributed by atoms with Crippen molar-refractivity contribution in [2.75, 3.05) is 26.7 Å². The van der Waals surface area contributed by atoms with E-state index in [9.17, 15) is 0 Å². The molecular formula is C19H31NO. The summed E-state index contributed by atoms with van der Waals surface area (Å²) >= 11 is 0. The highest BCUT2D eigenvalue weighted by Crippen LogP contribution is 2.35. The first kappa shape index (κ1) is 16.4. The molecule has 0 radical (unpaired) electrons. The zero-order valence-electron chi connectivity index (χ0n) is 14.4. The SMILES string of the molecule is COc1cccc(CCN2CCC(C)C(C)(C)CC2)c1C. The second kappa shape index (κ2) is 6.83. The van der Waals surface area contributed by atoms with Gasteiger partial charge in [0, 0.05) is 6.54 Å². The predicted octanol–water partition coefficient (Wildman–Crippen LogP) is 4.30. The second-order valence-corrected chi connectivity index (χ2v) is 7.26. The van der Waals surface area contributed by atoms with E-state index < -0.39 is 0 Å². The Hall–Kier alpha value is -1.02. The van der Waals surface area contributed by atoms with Gasteiger partial charge in [-0.15, -0.1) is 0 Å². The van der Waals surface area contributed by atoms with Gasteiger partial charge < -0.3 is 9.64 Å². The molecule has 1 heterocycles. The van der Waals surface area contributed by atoms with Crippen molar-refractivity contribution in [3.63, 3.8) is 0 Å². The Bertz CT molecular complexity index is 467. The van der Waals surface area contributed by atoms with E-state index in [0.717, 1.165) is 24.6 Å². The molecule has 0 aliphatic carbocycles. The summed E-state index contributed by atoms with van der Waals surface area (Å²) in [5.74, 6) is 1.83. The van der Waals surface area contributed by atoms with E-state index >= 15 is 0 Å². The molecule has 118 valence electrons. The van der Waals surface area contributed by atoms with Crippen molar-refractivity contribution >= 4 is 0 Å². The fraction of sp³-hybridized carbons (Fsp3) is 0.684. The van der Waals surface area contributed by atoms with Crippen molar-refractivity contribution in [1.29, 1.82) is 0 Å². The van der Waals surface area contributed by atoms with E-state index in [4.69, 9.17) is 4.74 Å². The van der Waals surface area contributed by atoms with Gasteiger partial charge in [-0.05, 0) is 67.8 Å². The minimum absolute atomic E-state index is 0.487. The van der Waals surface area contributed by atoms with Crippen molar-refractivity contribution in [2.45, 2.75) is 47.0 Å². The molecule has 0 bridgehead atoms. The Morgan fingerprint density at radius 2 is 2.05 bits per heavy atom. The van der Waals surface area contributed by atoms with Gasteiger partial charge in [0.2, 0.25) is 0 Å². The summed E-state index contributed by atoms with van der Waals surface area (Å²) in [5, 5.41) is 0. The maximum atomic E-state index is 5.43. The minimum atomic E-state index is 0.487. The number of hydrogen-bond acceptors (Lipinski definition) is 2. The third kappa shape index (κ3) is 4.00. The normalized spacial score (nSPS) is 22.8. The van der Waals surface area contributed by atoms with Gasteiger partial charge in [-0.3, -0.25) is 0 Å². The van der Waals surface area contributed by atoms with Gasteiger partial charge in [0.25, 0.3) is 0 Å². The average Bonchev–Trinajstić information content (AvgIpc) is 2.59. The summed E-state index contributed by atoms with van der Waals surface area (Å²) < 4.78 is 5.43. The molecule has 1 unspecified atom stereocenters. The van der Waals surface area contributed by atoms with Crippen LogP contribution < -0.4 is 4.74 Å². The number of hydrogen-bond donors (Lipinski definition) is 0. The van der Waals surface area contributed by atoms with Crippen LogP contribution in [0.1, 0.15) is 44.7 Å². The summed E-state index contributed by atoms with van der Waals surface area (Å²) in [6, 6.07) is 6.39. The molecule has 1 atom stereocenters. The second-order valence-electron chi connectivity index (χ2n) is 7.26. The van der Waals surface area contributed by atoms with Gasteiger partial charge in [0.05, 0.1) is 7.11 Å². The van der Waals surface area contributed by atoms with Crippen LogP contribution in [0.3, 0.4) is 0 Å². The lowest BCUT2D eigenvalue weighted by Gasteiger charge is -2.29. The lowest BCUT2D eigenvalue weighted by atomic mass is 9.76. The van der Waals surface area contributed by atoms with E-state index in [0.29, 0.717) is 5.41 Å². The largest absolute Gasteiger partial charge is 0.496 e. The van der Waals surface area contributed by atoms with Crippen molar-refractivity contribution < 1.29 is 4.74 Å². The minimum Gasteiger partial charge on any atom is -0.496 e. The highest BCUT2D eigenvalue weighted by atomic mass is 16.5. The number of benzene rings is 1. The molecule has 0 spiro atoms. The van der Waals surface area contributed by atoms with E-state index in [1.807, 2.05) is 0 Å². The van der Waals surface area contributed by atoms with Crippen molar-refractivity contribution in [2.24, 2.45) is 11.3 Å². The molecule has 2 nitrogen and oxygen atoms in total. The highest BCUT2D eigenvalue weighted by molar-refractivity contribution is 5.39. The molecule has 21 heavy (non-hydrogen) atoms. The van der Waals surface area contributed by atoms with E-state index in [1.165, 1.54) is 37.1 Å². The molecule has 1 fully saturated rings. The first-order valence-corrected chi connectivity index (χ1v) is 8.29. The molecule has 1 aromatic rings. The van der Waals surface area contributed by atoms with Crippen molar-refractivity contribution in [3.8, 4) is 5.75 Å². The molecule has 2 rings (SSSR count). The van der Waals surface area contributed by atoms with Crippen LogP contribution in [0.5, 0.6) is 5.75 Å². The molecule has 0 aromatic heterocycles. The topological polar surface area (TPSA) is 12.5 Å². The van der Waals surface area contributed by atoms with Crippen LogP contribution in [0.25, 0.3) is 0 Å². The first-order chi connectivity index (χ1) is 9.94. The Balaban J connectivity index is 1.95. The van der Waals surface area contributed by atoms with Crippen LogP contribution in [0, 0.1) is 18.3 Å². The quantitative estimate of drug-likeness (QED) is 0.819. The molecule has 2 heteroatoms. The van der Waals surface area contributed by atoms with Crippen molar-refractivity contribution in [3.05, 3.63) is 29.3 Å². The molecule has 0 N–H and O–H groups in total. The first-order valence-electron chi connectivity index (χ1n) is 8.29. The van der Waals surface area contributed by atoms with Crippen LogP contribution in [-0.4, -0.2) is 31.6 Å². The summed E-state index contributed by atoms with van der Waals surface area (Å²) in [6.45, 7) is 13.1. The van der Waals surface area contributed by atoms with E-state index in [2.05, 4.69) is 50.8 Å². The van der Waals surface area contributed by atoms with Crippen LogP contribution in [0.15, 0.2) is 18.2 Å². The molecular weight excluding hydrogens is 258 g/mol. The van der Waals surface area contributed by atoms with Crippen LogP contribution in [-0.2, 0) is 6.42 Å². The van der Waals surface area contributed by atoms with E-state index in [-0.39, 0.29) is 0 Å². The molecule has 1 aliphatic rings. The van der Waals surface area contributed by atoms with Gasteiger partial charge >= 0.3 is 0 Å². The summed E-state index contributed by atoms with van der Waals surface area (Å²) in [5.41, 5.74) is 3.20. The smallest absolute Gasteiger partial charge is 0.122 e. The summed E-state index contributed by atoms with van der Waals surface area (Å²) in [4.78, 5) is 2.64. The van der Waals surface area contributed by atoms with Crippen molar-refractivity contribution in [1.82, 2.24) is 4.90 Å². The number of rotatable bonds is 4. The van der Waals surface area contributed by atoms with Crippen LogP contribution in [0.4, 0.5) is 0 Å². The Morgan fingerprint density at radius 3 is 2.76 bits per heavy atom. The number of methoxy groups -OCH3 is 1. The lowest BCUT2D eigenvalue weighted by molar-refractivity contribution is 0.218. The third-order valence-corrected chi connectivity index (χ3v) is 5.60. The number of ether oxygens (including phenoxy) is 1. The fourth-order valence-corrected chi connectivity index (χ4v) is 3.23. The number of likely N-dealkylation sites (tertiary alicyclic amines) is 1. The van der Waals surface area contributed by atoms with Gasteiger partial charge in [-0.1, -0.05) is 32.9 Å². The van der Waals surface area contributed by atoms with Gasteiger partial charge in [-0.25, -0.2) is 0 Å². The van der Waals surface area contributed by atoms with Gasteiger partial charge in [-0.2, -0.15) is 0 Å². The zero-order chi connectivity index (χ0) is 15.5. The monoisotopic (exact) mass is 289 g/mol. The van der Waals surface area contributed by atoms with Crippen LogP contribution >= 0.6 is 0 Å². The molecule has 1 aliphatic heterocycles. The highest BCUT2D eigenvalue weighted by Gasteiger charge is 2.29. The maximum Gasteiger partial charge on any atom is 0.122 e. The molecule has 0 saturated carbocycles. The standard InChI is InChI=1S/C19H31NO/c1-15-9-12-20(14-11-19(15,3)4)13-10-17-7-6-8-18(21-5)16(17)2/h6-8,15H,9-14H2,1-5H3. The maximum absolute atomic E-state index is 5.43. The summed E-state index contributed by atoms with van der Waals surface area (Å²) in [7, 11) is 1.75. The van der Waals surface area contributed by atoms with Crippen LogP contribution in [0.2, 0.25) is 0 Å². The average molecular weight is 289 g/mol. The Kier molecular flexibility index (Phi) is 5.32. The van der Waals surface area contributed by atoms with Gasteiger partial charge in [0.1, 0.15) is 5.75 Å². The van der Waals surface area contributed by atoms with E-state index in [1.54, 1.807) is 7.11 Å². The number of nitrogens with zero attached hydrogens (tertiary/aromatic N) is 1. The molecule has 1 saturated heterocycles. The lowest BCUT2D eigenvalue weighted by Crippen LogP contribution is -2.28. The fourth-order valence-electron chi connectivity index (χ4n) is 3.23. The zero-order valence-corrected chi connectivity index (χ0v) is 14.4. The Labute approximate surface area is 130 Å². The van der Waals surface area contributed by atoms with Gasteiger partial charge in [0.15, 0.2) is 0 Å². The Morgan fingerprint density at radius 1 is 1.29 bits per heavy atom.